The Balaban J connectivity index is 2.09. The number of anilines is 1. The van der Waals surface area contributed by atoms with E-state index in [1.54, 1.807) is 31.5 Å². The third-order valence-corrected chi connectivity index (χ3v) is 3.84. The first-order chi connectivity index (χ1) is 12.2. The largest absolute Gasteiger partial charge is 0.495 e. The SMILES string of the molecule is CCNCC#Cc1c(F)ccc2c1C(=Cc1[nH]ccc1OC)C(=O)N2. The lowest BCUT2D eigenvalue weighted by Gasteiger charge is -2.05. The molecule has 1 aliphatic rings. The molecule has 3 N–H and O–H groups in total. The molecule has 2 heterocycles. The van der Waals surface area contributed by atoms with Crippen molar-refractivity contribution in [3.05, 3.63) is 47.0 Å². The number of ether oxygens (including phenoxy) is 1. The number of carbonyl (C=O) groups excluding carboxylic acids is 1. The molecule has 1 aromatic carbocycles. The Labute approximate surface area is 145 Å². The van der Waals surface area contributed by atoms with Crippen LogP contribution in [0.5, 0.6) is 5.75 Å². The Kier molecular flexibility index (Phi) is 4.87. The number of amides is 1. The number of fused-ring (bicyclic) bond motifs is 1. The van der Waals surface area contributed by atoms with Crippen LogP contribution in [0.15, 0.2) is 24.4 Å². The van der Waals surface area contributed by atoms with Crippen molar-refractivity contribution in [2.75, 3.05) is 25.5 Å². The number of carbonyl (C=O) groups is 1. The van der Waals surface area contributed by atoms with E-state index in [1.165, 1.54) is 6.07 Å². The number of hydrogen-bond donors (Lipinski definition) is 3. The van der Waals surface area contributed by atoms with E-state index in [9.17, 15) is 9.18 Å². The molecule has 6 heteroatoms. The summed E-state index contributed by atoms with van der Waals surface area (Å²) in [6.45, 7) is 3.20. The van der Waals surface area contributed by atoms with E-state index in [0.717, 1.165) is 6.54 Å². The van der Waals surface area contributed by atoms with Gasteiger partial charge >= 0.3 is 0 Å². The van der Waals surface area contributed by atoms with Crippen LogP contribution >= 0.6 is 0 Å². The zero-order valence-corrected chi connectivity index (χ0v) is 14.0. The number of aromatic nitrogens is 1. The summed E-state index contributed by atoms with van der Waals surface area (Å²) < 4.78 is 19.6. The lowest BCUT2D eigenvalue weighted by molar-refractivity contribution is -0.110. The van der Waals surface area contributed by atoms with E-state index in [4.69, 9.17) is 4.74 Å². The standard InChI is InChI=1S/C19H18FN3O2/c1-3-21-9-4-5-12-14(20)6-7-15-18(12)13(19(24)23-15)11-16-17(25-2)8-10-22-16/h6-8,10-11,21-22H,3,9H2,1-2H3,(H,23,24). The van der Waals surface area contributed by atoms with Crippen LogP contribution in [0.3, 0.4) is 0 Å². The number of rotatable bonds is 4. The zero-order chi connectivity index (χ0) is 17.8. The fraction of sp³-hybridized carbons (Fsp3) is 0.211. The molecule has 0 spiro atoms. The van der Waals surface area contributed by atoms with Gasteiger partial charge in [-0.15, -0.1) is 0 Å². The summed E-state index contributed by atoms with van der Waals surface area (Å²) in [4.78, 5) is 15.4. The number of aromatic amines is 1. The van der Waals surface area contributed by atoms with Gasteiger partial charge in [0.2, 0.25) is 0 Å². The Bertz CT molecular complexity index is 903. The molecule has 0 bridgehead atoms. The van der Waals surface area contributed by atoms with Crippen LogP contribution in [0.2, 0.25) is 0 Å². The van der Waals surface area contributed by atoms with Gasteiger partial charge in [-0.3, -0.25) is 4.79 Å². The zero-order valence-electron chi connectivity index (χ0n) is 14.0. The molecule has 0 radical (unpaired) electrons. The van der Waals surface area contributed by atoms with E-state index < -0.39 is 5.82 Å². The summed E-state index contributed by atoms with van der Waals surface area (Å²) in [5.41, 5.74) is 2.23. The molecule has 0 fully saturated rings. The predicted molar refractivity (Wildman–Crippen MR) is 95.7 cm³/mol. The molecule has 1 amide bonds. The molecule has 1 aliphatic heterocycles. The molecule has 128 valence electrons. The molecular formula is C19H18FN3O2. The van der Waals surface area contributed by atoms with Crippen LogP contribution in [-0.4, -0.2) is 31.1 Å². The average Bonchev–Trinajstić information content (AvgIpc) is 3.18. The van der Waals surface area contributed by atoms with Gasteiger partial charge < -0.3 is 20.4 Å². The van der Waals surface area contributed by atoms with E-state index in [2.05, 4.69) is 27.5 Å². The van der Waals surface area contributed by atoms with Gasteiger partial charge in [0.15, 0.2) is 0 Å². The Hall–Kier alpha value is -3.04. The second kappa shape index (κ2) is 7.24. The predicted octanol–water partition coefficient (Wildman–Crippen LogP) is 2.62. The molecule has 0 atom stereocenters. The van der Waals surface area contributed by atoms with E-state index in [0.29, 0.717) is 34.8 Å². The van der Waals surface area contributed by atoms with Crippen molar-refractivity contribution in [2.45, 2.75) is 6.92 Å². The maximum atomic E-state index is 14.4. The van der Waals surface area contributed by atoms with Crippen LogP contribution in [0.25, 0.3) is 11.6 Å². The highest BCUT2D eigenvalue weighted by molar-refractivity contribution is 6.35. The maximum Gasteiger partial charge on any atom is 0.256 e. The van der Waals surface area contributed by atoms with Crippen LogP contribution < -0.4 is 15.4 Å². The van der Waals surface area contributed by atoms with Gasteiger partial charge in [-0.25, -0.2) is 4.39 Å². The highest BCUT2D eigenvalue weighted by atomic mass is 19.1. The number of hydrogen-bond acceptors (Lipinski definition) is 3. The number of benzene rings is 1. The minimum atomic E-state index is -0.455. The number of methoxy groups -OCH3 is 1. The average molecular weight is 339 g/mol. The lowest BCUT2D eigenvalue weighted by atomic mass is 9.99. The molecule has 25 heavy (non-hydrogen) atoms. The van der Waals surface area contributed by atoms with Crippen molar-refractivity contribution in [3.8, 4) is 17.6 Å². The summed E-state index contributed by atoms with van der Waals surface area (Å²) in [6.07, 6.45) is 3.36. The molecule has 2 aromatic rings. The molecule has 0 saturated carbocycles. The minimum Gasteiger partial charge on any atom is -0.495 e. The van der Waals surface area contributed by atoms with Crippen LogP contribution in [0.1, 0.15) is 23.7 Å². The van der Waals surface area contributed by atoms with E-state index in [-0.39, 0.29) is 11.5 Å². The first-order valence-electron chi connectivity index (χ1n) is 7.92. The van der Waals surface area contributed by atoms with Gasteiger partial charge in [0.05, 0.1) is 36.2 Å². The highest BCUT2D eigenvalue weighted by Crippen LogP contribution is 2.37. The van der Waals surface area contributed by atoms with Crippen LogP contribution in [-0.2, 0) is 4.79 Å². The molecule has 5 nitrogen and oxygen atoms in total. The van der Waals surface area contributed by atoms with Gasteiger partial charge in [-0.1, -0.05) is 18.8 Å². The number of nitrogens with one attached hydrogen (secondary N) is 3. The molecular weight excluding hydrogens is 321 g/mol. The highest BCUT2D eigenvalue weighted by Gasteiger charge is 2.28. The second-order valence-corrected chi connectivity index (χ2v) is 5.40. The molecule has 3 rings (SSSR count). The Morgan fingerprint density at radius 3 is 2.96 bits per heavy atom. The summed E-state index contributed by atoms with van der Waals surface area (Å²) in [7, 11) is 1.55. The van der Waals surface area contributed by atoms with E-state index >= 15 is 0 Å². The number of H-pyrrole nitrogens is 1. The number of halogens is 1. The van der Waals surface area contributed by atoms with Crippen molar-refractivity contribution in [3.63, 3.8) is 0 Å². The normalized spacial score (nSPS) is 14.0. The van der Waals surface area contributed by atoms with Crippen molar-refractivity contribution >= 4 is 23.2 Å². The third kappa shape index (κ3) is 3.28. The fourth-order valence-electron chi connectivity index (χ4n) is 2.65. The van der Waals surface area contributed by atoms with Gasteiger partial charge in [-0.2, -0.15) is 0 Å². The summed E-state index contributed by atoms with van der Waals surface area (Å²) >= 11 is 0. The van der Waals surface area contributed by atoms with Crippen molar-refractivity contribution < 1.29 is 13.9 Å². The molecule has 0 unspecified atom stereocenters. The van der Waals surface area contributed by atoms with Crippen molar-refractivity contribution in [1.82, 2.24) is 10.3 Å². The van der Waals surface area contributed by atoms with Crippen LogP contribution in [0, 0.1) is 17.7 Å². The fourth-order valence-corrected chi connectivity index (χ4v) is 2.65. The minimum absolute atomic E-state index is 0.213. The lowest BCUT2D eigenvalue weighted by Crippen LogP contribution is -2.12. The summed E-state index contributed by atoms with van der Waals surface area (Å²) in [6, 6.07) is 4.61. The topological polar surface area (TPSA) is 66.1 Å². The van der Waals surface area contributed by atoms with Gasteiger partial charge in [0.25, 0.3) is 5.91 Å². The molecule has 0 aliphatic carbocycles. The first-order valence-corrected chi connectivity index (χ1v) is 7.92. The van der Waals surface area contributed by atoms with Gasteiger partial charge in [0.1, 0.15) is 11.6 Å². The second-order valence-electron chi connectivity index (χ2n) is 5.40. The summed E-state index contributed by atoms with van der Waals surface area (Å²) in [5, 5.41) is 5.82. The quantitative estimate of drug-likeness (QED) is 0.456. The van der Waals surface area contributed by atoms with Gasteiger partial charge in [0, 0.05) is 11.8 Å². The third-order valence-electron chi connectivity index (χ3n) is 3.84. The van der Waals surface area contributed by atoms with Crippen molar-refractivity contribution in [2.24, 2.45) is 0 Å². The molecule has 0 saturated heterocycles. The Morgan fingerprint density at radius 2 is 2.20 bits per heavy atom. The first kappa shape index (κ1) is 16.8. The summed E-state index contributed by atoms with van der Waals surface area (Å²) in [5.74, 6) is 5.58. The smallest absolute Gasteiger partial charge is 0.256 e. The van der Waals surface area contributed by atoms with Crippen molar-refractivity contribution in [1.29, 1.82) is 0 Å². The maximum absolute atomic E-state index is 14.4. The van der Waals surface area contributed by atoms with E-state index in [1.807, 2.05) is 6.92 Å². The monoisotopic (exact) mass is 339 g/mol. The van der Waals surface area contributed by atoms with Gasteiger partial charge in [-0.05, 0) is 30.8 Å². The Morgan fingerprint density at radius 1 is 1.36 bits per heavy atom. The van der Waals surface area contributed by atoms with Crippen LogP contribution in [0.4, 0.5) is 10.1 Å². The molecule has 1 aromatic heterocycles.